The number of aryl methyl sites for hydroxylation is 1. The molecule has 0 bridgehead atoms. The van der Waals surface area contributed by atoms with Crippen LogP contribution in [0.4, 0.5) is 0 Å². The molecule has 0 aliphatic carbocycles. The quantitative estimate of drug-likeness (QED) is 0.546. The number of methoxy groups -OCH3 is 1. The largest absolute Gasteiger partial charge is 0.494 e. The molecule has 0 amide bonds. The summed E-state index contributed by atoms with van der Waals surface area (Å²) in [5, 5.41) is 3.88. The Labute approximate surface area is 99.1 Å². The van der Waals surface area contributed by atoms with E-state index in [0.29, 0.717) is 0 Å². The number of aromatic nitrogens is 2. The second-order valence-electron chi connectivity index (χ2n) is 3.67. The number of rotatable bonds is 4. The molecule has 1 heterocycles. The van der Waals surface area contributed by atoms with Crippen LogP contribution in [0.3, 0.4) is 0 Å². The van der Waals surface area contributed by atoms with Gasteiger partial charge in [-0.1, -0.05) is 0 Å². The fraction of sp³-hybridized carbons (Fsp3) is 0.364. The summed E-state index contributed by atoms with van der Waals surface area (Å²) in [6, 6.07) is 1.24. The minimum atomic E-state index is -0.324. The summed E-state index contributed by atoms with van der Waals surface area (Å²) in [6.45, 7) is 0. The maximum absolute atomic E-state index is 11.8. The highest BCUT2D eigenvalue weighted by molar-refractivity contribution is 6.04. The monoisotopic (exact) mass is 237 g/mol. The van der Waals surface area contributed by atoms with Gasteiger partial charge in [0.1, 0.15) is 0 Å². The molecule has 0 saturated carbocycles. The van der Waals surface area contributed by atoms with Crippen molar-refractivity contribution in [1.82, 2.24) is 14.7 Å². The number of hydrogen-bond acceptors (Lipinski definition) is 5. The van der Waals surface area contributed by atoms with Gasteiger partial charge in [0.15, 0.2) is 11.4 Å². The topological polar surface area (TPSA) is 64.4 Å². The summed E-state index contributed by atoms with van der Waals surface area (Å²) < 4.78 is 6.06. The molecule has 1 aromatic heterocycles. The van der Waals surface area contributed by atoms with Gasteiger partial charge in [0.25, 0.3) is 5.56 Å². The second kappa shape index (κ2) is 5.29. The van der Waals surface area contributed by atoms with E-state index in [1.165, 1.54) is 26.3 Å². The molecule has 1 aromatic rings. The molecule has 0 N–H and O–H groups in total. The molecule has 0 aliphatic rings. The fourth-order valence-corrected chi connectivity index (χ4v) is 1.14. The van der Waals surface area contributed by atoms with Gasteiger partial charge in [0.2, 0.25) is 5.78 Å². The Balaban J connectivity index is 3.17. The van der Waals surface area contributed by atoms with E-state index in [0.717, 1.165) is 4.68 Å². The third-order valence-corrected chi connectivity index (χ3v) is 2.03. The van der Waals surface area contributed by atoms with E-state index >= 15 is 0 Å². The van der Waals surface area contributed by atoms with Crippen molar-refractivity contribution in [2.45, 2.75) is 0 Å². The van der Waals surface area contributed by atoms with Gasteiger partial charge < -0.3 is 9.64 Å². The minimum Gasteiger partial charge on any atom is -0.494 e. The van der Waals surface area contributed by atoms with Crippen LogP contribution in [-0.4, -0.2) is 41.7 Å². The maximum Gasteiger partial charge on any atom is 0.270 e. The Morgan fingerprint density at radius 3 is 2.71 bits per heavy atom. The predicted molar refractivity (Wildman–Crippen MR) is 63.2 cm³/mol. The molecular weight excluding hydrogens is 222 g/mol. The van der Waals surface area contributed by atoms with Crippen LogP contribution in [0.5, 0.6) is 5.75 Å². The summed E-state index contributed by atoms with van der Waals surface area (Å²) >= 11 is 0. The highest BCUT2D eigenvalue weighted by Gasteiger charge is 2.13. The lowest BCUT2D eigenvalue weighted by Crippen LogP contribution is -2.22. The Morgan fingerprint density at radius 1 is 1.53 bits per heavy atom. The van der Waals surface area contributed by atoms with Crippen molar-refractivity contribution in [3.63, 3.8) is 0 Å². The van der Waals surface area contributed by atoms with E-state index in [1.54, 1.807) is 25.2 Å². The normalized spacial score (nSPS) is 10.6. The molecule has 92 valence electrons. The first-order valence-corrected chi connectivity index (χ1v) is 4.97. The zero-order valence-corrected chi connectivity index (χ0v) is 10.3. The van der Waals surface area contributed by atoms with Crippen LogP contribution < -0.4 is 10.3 Å². The number of allylic oxidation sites excluding steroid dienone is 1. The molecule has 0 radical (unpaired) electrons. The number of hydrogen-bond donors (Lipinski definition) is 0. The van der Waals surface area contributed by atoms with Gasteiger partial charge in [-0.3, -0.25) is 9.59 Å². The minimum absolute atomic E-state index is 0.118. The number of nitrogens with zero attached hydrogens (tertiary/aromatic N) is 3. The van der Waals surface area contributed by atoms with E-state index in [9.17, 15) is 9.59 Å². The molecule has 0 unspecified atom stereocenters. The second-order valence-corrected chi connectivity index (χ2v) is 3.67. The van der Waals surface area contributed by atoms with Crippen molar-refractivity contribution in [2.24, 2.45) is 7.05 Å². The summed E-state index contributed by atoms with van der Waals surface area (Å²) in [4.78, 5) is 24.9. The lowest BCUT2D eigenvalue weighted by molar-refractivity contribution is 0.103. The van der Waals surface area contributed by atoms with Crippen LogP contribution in [0, 0.1) is 0 Å². The molecule has 0 spiro atoms. The molecule has 17 heavy (non-hydrogen) atoms. The number of carbonyl (C=O) groups is 1. The maximum atomic E-state index is 11.8. The van der Waals surface area contributed by atoms with Crippen molar-refractivity contribution in [3.05, 3.63) is 34.4 Å². The van der Waals surface area contributed by atoms with Crippen molar-refractivity contribution in [1.29, 1.82) is 0 Å². The van der Waals surface area contributed by atoms with Gasteiger partial charge in [-0.2, -0.15) is 5.10 Å². The SMILES string of the molecule is COc1cc(=O)n(C)nc1C(=O)/C=C/N(C)C. The molecular formula is C11H15N3O3. The molecule has 0 fully saturated rings. The highest BCUT2D eigenvalue weighted by Crippen LogP contribution is 2.13. The van der Waals surface area contributed by atoms with Crippen molar-refractivity contribution in [2.75, 3.05) is 21.2 Å². The summed E-state index contributed by atoms with van der Waals surface area (Å²) in [7, 11) is 6.47. The van der Waals surface area contributed by atoms with Gasteiger partial charge >= 0.3 is 0 Å². The first-order chi connectivity index (χ1) is 7.95. The summed E-state index contributed by atoms with van der Waals surface area (Å²) in [6.07, 6.45) is 2.98. The number of ketones is 1. The first kappa shape index (κ1) is 13.0. The van der Waals surface area contributed by atoms with Crippen LogP contribution in [0.2, 0.25) is 0 Å². The fourth-order valence-electron chi connectivity index (χ4n) is 1.14. The highest BCUT2D eigenvalue weighted by atomic mass is 16.5. The van der Waals surface area contributed by atoms with E-state index in [-0.39, 0.29) is 22.8 Å². The summed E-state index contributed by atoms with van der Waals surface area (Å²) in [5.41, 5.74) is -0.206. The standard InChI is InChI=1S/C11H15N3O3/c1-13(2)6-5-8(15)11-9(17-4)7-10(16)14(3)12-11/h5-7H,1-4H3/b6-5+. The van der Waals surface area contributed by atoms with E-state index < -0.39 is 0 Å². The molecule has 1 rings (SSSR count). The average Bonchev–Trinajstić information content (AvgIpc) is 2.28. The molecule has 0 aromatic carbocycles. The Kier molecular flexibility index (Phi) is 4.03. The van der Waals surface area contributed by atoms with E-state index in [2.05, 4.69) is 5.10 Å². The predicted octanol–water partition coefficient (Wildman–Crippen LogP) is 0.0469. The average molecular weight is 237 g/mol. The zero-order valence-electron chi connectivity index (χ0n) is 10.3. The molecule has 6 heteroatoms. The lowest BCUT2D eigenvalue weighted by Gasteiger charge is -2.06. The number of carbonyl (C=O) groups excluding carboxylic acids is 1. The van der Waals surface area contributed by atoms with Crippen LogP contribution in [0.1, 0.15) is 10.5 Å². The van der Waals surface area contributed by atoms with Crippen LogP contribution >= 0.6 is 0 Å². The Hall–Kier alpha value is -2.11. The Bertz CT molecular complexity index is 503. The van der Waals surface area contributed by atoms with E-state index in [4.69, 9.17) is 4.74 Å². The summed E-state index contributed by atoms with van der Waals surface area (Å²) in [5.74, 6) is -0.132. The van der Waals surface area contributed by atoms with Crippen LogP contribution in [0.25, 0.3) is 0 Å². The smallest absolute Gasteiger partial charge is 0.270 e. The van der Waals surface area contributed by atoms with E-state index in [1.807, 2.05) is 0 Å². The molecule has 0 atom stereocenters. The van der Waals surface area contributed by atoms with Crippen LogP contribution in [0.15, 0.2) is 23.1 Å². The number of ether oxygens (including phenoxy) is 1. The van der Waals surface area contributed by atoms with Crippen molar-refractivity contribution >= 4 is 5.78 Å². The van der Waals surface area contributed by atoms with Gasteiger partial charge in [-0.25, -0.2) is 4.68 Å². The van der Waals surface area contributed by atoms with Gasteiger partial charge in [-0.05, 0) is 0 Å². The molecule has 0 saturated heterocycles. The third kappa shape index (κ3) is 3.17. The third-order valence-electron chi connectivity index (χ3n) is 2.03. The molecule has 0 aliphatic heterocycles. The van der Waals surface area contributed by atoms with Crippen LogP contribution in [-0.2, 0) is 7.05 Å². The van der Waals surface area contributed by atoms with Crippen molar-refractivity contribution < 1.29 is 9.53 Å². The Morgan fingerprint density at radius 2 is 2.18 bits per heavy atom. The molecule has 6 nitrogen and oxygen atoms in total. The van der Waals surface area contributed by atoms with Crippen molar-refractivity contribution in [3.8, 4) is 5.75 Å². The lowest BCUT2D eigenvalue weighted by atomic mass is 10.2. The van der Waals surface area contributed by atoms with Gasteiger partial charge in [-0.15, -0.1) is 0 Å². The van der Waals surface area contributed by atoms with Gasteiger partial charge in [0, 0.05) is 39.5 Å². The first-order valence-electron chi connectivity index (χ1n) is 4.97. The zero-order chi connectivity index (χ0) is 13.0. The van der Waals surface area contributed by atoms with Gasteiger partial charge in [0.05, 0.1) is 7.11 Å².